The highest BCUT2D eigenvalue weighted by Crippen LogP contribution is 2.34. The molecule has 1 fully saturated rings. The minimum atomic E-state index is 0.568. The molecule has 0 saturated heterocycles. The van der Waals surface area contributed by atoms with Crippen LogP contribution in [0.25, 0.3) is 6.08 Å². The van der Waals surface area contributed by atoms with Crippen molar-refractivity contribution >= 4 is 6.08 Å². The Labute approximate surface area is 111 Å². The smallest absolute Gasteiger partial charge is 0.0140 e. The predicted octanol–water partition coefficient (Wildman–Crippen LogP) is 4.26. The Hall–Kier alpha value is -1.08. The summed E-state index contributed by atoms with van der Waals surface area (Å²) in [6, 6.07) is 11.2. The van der Waals surface area contributed by atoms with Crippen molar-refractivity contribution in [2.45, 2.75) is 45.6 Å². The molecule has 0 atom stereocenters. The first-order valence-electron chi connectivity index (χ1n) is 7.11. The van der Waals surface area contributed by atoms with Gasteiger partial charge in [0, 0.05) is 12.6 Å². The second-order valence-corrected chi connectivity index (χ2v) is 6.16. The zero-order valence-corrected chi connectivity index (χ0v) is 11.7. The summed E-state index contributed by atoms with van der Waals surface area (Å²) in [6.45, 7) is 5.76. The third kappa shape index (κ3) is 4.30. The van der Waals surface area contributed by atoms with Crippen LogP contribution in [0.2, 0.25) is 0 Å². The van der Waals surface area contributed by atoms with Crippen molar-refractivity contribution in [3.63, 3.8) is 0 Å². The highest BCUT2D eigenvalue weighted by Gasteiger charge is 2.25. The van der Waals surface area contributed by atoms with Gasteiger partial charge in [-0.1, -0.05) is 56.3 Å². The average molecular weight is 243 g/mol. The number of rotatable bonds is 4. The van der Waals surface area contributed by atoms with Gasteiger partial charge in [0.2, 0.25) is 0 Å². The lowest BCUT2D eigenvalue weighted by Crippen LogP contribution is -2.35. The Balaban J connectivity index is 1.69. The van der Waals surface area contributed by atoms with Crippen molar-refractivity contribution in [3.8, 4) is 0 Å². The summed E-state index contributed by atoms with van der Waals surface area (Å²) < 4.78 is 0. The second-order valence-electron chi connectivity index (χ2n) is 6.16. The maximum absolute atomic E-state index is 3.64. The maximum atomic E-state index is 3.64. The summed E-state index contributed by atoms with van der Waals surface area (Å²) in [5.41, 5.74) is 1.85. The lowest BCUT2D eigenvalue weighted by molar-refractivity contribution is 0.209. The van der Waals surface area contributed by atoms with E-state index in [4.69, 9.17) is 0 Å². The molecule has 0 amide bonds. The minimum absolute atomic E-state index is 0.568. The van der Waals surface area contributed by atoms with Crippen molar-refractivity contribution in [2.24, 2.45) is 5.41 Å². The summed E-state index contributed by atoms with van der Waals surface area (Å²) in [6.07, 6.45) is 9.79. The van der Waals surface area contributed by atoms with Gasteiger partial charge in [-0.15, -0.1) is 0 Å². The third-order valence-corrected chi connectivity index (χ3v) is 3.97. The van der Waals surface area contributed by atoms with E-state index in [0.717, 1.165) is 12.6 Å². The summed E-state index contributed by atoms with van der Waals surface area (Å²) >= 11 is 0. The molecular weight excluding hydrogens is 218 g/mol. The van der Waals surface area contributed by atoms with E-state index in [9.17, 15) is 0 Å². The molecular formula is C17H25N. The molecule has 0 aliphatic heterocycles. The lowest BCUT2D eigenvalue weighted by atomic mass is 9.75. The van der Waals surface area contributed by atoms with Gasteiger partial charge in [0.05, 0.1) is 0 Å². The fourth-order valence-electron chi connectivity index (χ4n) is 2.60. The minimum Gasteiger partial charge on any atom is -0.311 e. The van der Waals surface area contributed by atoms with Crippen LogP contribution in [0.3, 0.4) is 0 Å². The normalized spacial score (nSPS) is 20.3. The first-order chi connectivity index (χ1) is 8.66. The molecule has 0 unspecified atom stereocenters. The second kappa shape index (κ2) is 6.19. The molecule has 1 heteroatoms. The summed E-state index contributed by atoms with van der Waals surface area (Å²) in [7, 11) is 0. The molecule has 1 aliphatic carbocycles. The molecule has 0 heterocycles. The Bertz CT molecular complexity index is 368. The molecule has 1 saturated carbocycles. The van der Waals surface area contributed by atoms with E-state index in [-0.39, 0.29) is 0 Å². The summed E-state index contributed by atoms with van der Waals surface area (Å²) in [5.74, 6) is 0. The van der Waals surface area contributed by atoms with Crippen molar-refractivity contribution < 1.29 is 0 Å². The van der Waals surface area contributed by atoms with Gasteiger partial charge in [0.25, 0.3) is 0 Å². The van der Waals surface area contributed by atoms with Gasteiger partial charge >= 0.3 is 0 Å². The topological polar surface area (TPSA) is 12.0 Å². The first kappa shape index (κ1) is 13.4. The van der Waals surface area contributed by atoms with Crippen LogP contribution < -0.4 is 5.32 Å². The van der Waals surface area contributed by atoms with Crippen molar-refractivity contribution in [3.05, 3.63) is 42.0 Å². The molecule has 0 aromatic heterocycles. The van der Waals surface area contributed by atoms with Crippen LogP contribution >= 0.6 is 0 Å². The molecule has 98 valence electrons. The number of hydrogen-bond acceptors (Lipinski definition) is 1. The maximum Gasteiger partial charge on any atom is 0.0140 e. The summed E-state index contributed by atoms with van der Waals surface area (Å²) in [4.78, 5) is 0. The highest BCUT2D eigenvalue weighted by atomic mass is 14.9. The van der Waals surface area contributed by atoms with Gasteiger partial charge in [-0.2, -0.15) is 0 Å². The predicted molar refractivity (Wildman–Crippen MR) is 79.5 cm³/mol. The van der Waals surface area contributed by atoms with E-state index in [1.54, 1.807) is 0 Å². The Morgan fingerprint density at radius 2 is 1.83 bits per heavy atom. The van der Waals surface area contributed by atoms with E-state index in [0.29, 0.717) is 5.41 Å². The zero-order valence-electron chi connectivity index (χ0n) is 11.7. The number of hydrogen-bond donors (Lipinski definition) is 1. The van der Waals surface area contributed by atoms with Crippen LogP contribution in [0.1, 0.15) is 45.1 Å². The molecule has 0 radical (unpaired) electrons. The summed E-state index contributed by atoms with van der Waals surface area (Å²) in [5, 5.41) is 3.64. The molecule has 18 heavy (non-hydrogen) atoms. The van der Waals surface area contributed by atoms with Gasteiger partial charge in [0.1, 0.15) is 0 Å². The Kier molecular flexibility index (Phi) is 4.60. The van der Waals surface area contributed by atoms with Crippen LogP contribution in [0, 0.1) is 5.41 Å². The highest BCUT2D eigenvalue weighted by molar-refractivity contribution is 5.48. The Morgan fingerprint density at radius 3 is 2.50 bits per heavy atom. The standard InChI is InChI=1S/C17H25N/c1-17(2)12-10-16(11-13-17)18-14-6-9-15-7-4-3-5-8-15/h3-9,16,18H,10-14H2,1-2H3. The van der Waals surface area contributed by atoms with Crippen molar-refractivity contribution in [1.29, 1.82) is 0 Å². The van der Waals surface area contributed by atoms with Crippen LogP contribution in [-0.2, 0) is 0 Å². The zero-order chi connectivity index (χ0) is 12.8. The molecule has 1 aromatic rings. The Morgan fingerprint density at radius 1 is 1.17 bits per heavy atom. The fourth-order valence-corrected chi connectivity index (χ4v) is 2.60. The van der Waals surface area contributed by atoms with Gasteiger partial charge in [-0.25, -0.2) is 0 Å². The third-order valence-electron chi connectivity index (χ3n) is 3.97. The molecule has 0 bridgehead atoms. The lowest BCUT2D eigenvalue weighted by Gasteiger charge is -2.34. The van der Waals surface area contributed by atoms with Crippen LogP contribution in [0.5, 0.6) is 0 Å². The molecule has 1 aliphatic rings. The van der Waals surface area contributed by atoms with E-state index in [1.807, 2.05) is 0 Å². The van der Waals surface area contributed by atoms with Crippen molar-refractivity contribution in [1.82, 2.24) is 5.32 Å². The van der Waals surface area contributed by atoms with Crippen LogP contribution in [-0.4, -0.2) is 12.6 Å². The van der Waals surface area contributed by atoms with E-state index < -0.39 is 0 Å². The van der Waals surface area contributed by atoms with E-state index in [1.165, 1.54) is 31.2 Å². The van der Waals surface area contributed by atoms with Gasteiger partial charge < -0.3 is 5.32 Å². The largest absolute Gasteiger partial charge is 0.311 e. The fraction of sp³-hybridized carbons (Fsp3) is 0.529. The monoisotopic (exact) mass is 243 g/mol. The van der Waals surface area contributed by atoms with Crippen molar-refractivity contribution in [2.75, 3.05) is 6.54 Å². The number of nitrogens with one attached hydrogen (secondary N) is 1. The first-order valence-corrected chi connectivity index (χ1v) is 7.11. The molecule has 1 nitrogen and oxygen atoms in total. The average Bonchev–Trinajstić information content (AvgIpc) is 2.37. The molecule has 1 N–H and O–H groups in total. The molecule has 1 aromatic carbocycles. The van der Waals surface area contributed by atoms with Gasteiger partial charge in [-0.05, 0) is 36.7 Å². The van der Waals surface area contributed by atoms with E-state index >= 15 is 0 Å². The SMILES string of the molecule is CC1(C)CCC(NCC=Cc2ccccc2)CC1. The van der Waals surface area contributed by atoms with E-state index in [2.05, 4.69) is 61.6 Å². The quantitative estimate of drug-likeness (QED) is 0.833. The van der Waals surface area contributed by atoms with Crippen LogP contribution in [0.15, 0.2) is 36.4 Å². The van der Waals surface area contributed by atoms with Crippen LogP contribution in [0.4, 0.5) is 0 Å². The van der Waals surface area contributed by atoms with Gasteiger partial charge in [0.15, 0.2) is 0 Å². The van der Waals surface area contributed by atoms with Gasteiger partial charge in [-0.3, -0.25) is 0 Å². The number of benzene rings is 1. The molecule has 2 rings (SSSR count). The molecule has 0 spiro atoms.